The molecule has 1 amide bonds. The minimum Gasteiger partial charge on any atom is -0.324 e. The predicted molar refractivity (Wildman–Crippen MR) is 108 cm³/mol. The summed E-state index contributed by atoms with van der Waals surface area (Å²) in [6.45, 7) is 0.962. The molecule has 0 atom stereocenters. The highest BCUT2D eigenvalue weighted by Crippen LogP contribution is 2.27. The fraction of sp³-hybridized carbons (Fsp3) is 0.136. The first-order valence-electron chi connectivity index (χ1n) is 8.49. The number of para-hydroxylation sites is 1. The molecule has 3 aromatic carbocycles. The van der Waals surface area contributed by atoms with Gasteiger partial charge in [-0.1, -0.05) is 72.3 Å². The number of likely N-dealkylation sites (N-methyl/N-ethyl adjacent to an activating group) is 1. The molecule has 0 fully saturated rings. The molecule has 3 nitrogen and oxygen atoms in total. The van der Waals surface area contributed by atoms with Crippen molar-refractivity contribution in [2.24, 2.45) is 0 Å². The van der Waals surface area contributed by atoms with Gasteiger partial charge in [0.15, 0.2) is 0 Å². The van der Waals surface area contributed by atoms with Gasteiger partial charge >= 0.3 is 0 Å². The Morgan fingerprint density at radius 2 is 1.69 bits per heavy atom. The molecule has 0 aliphatic heterocycles. The number of hydrogen-bond acceptors (Lipinski definition) is 2. The van der Waals surface area contributed by atoms with E-state index < -0.39 is 0 Å². The summed E-state index contributed by atoms with van der Waals surface area (Å²) < 4.78 is 0. The third kappa shape index (κ3) is 4.94. The van der Waals surface area contributed by atoms with Crippen molar-refractivity contribution in [3.05, 3.63) is 89.4 Å². The lowest BCUT2D eigenvalue weighted by Crippen LogP contribution is -2.30. The van der Waals surface area contributed by atoms with E-state index in [-0.39, 0.29) is 5.91 Å². The third-order valence-electron chi connectivity index (χ3n) is 4.04. The van der Waals surface area contributed by atoms with Gasteiger partial charge in [0.05, 0.1) is 6.54 Å². The Morgan fingerprint density at radius 3 is 2.46 bits per heavy atom. The maximum Gasteiger partial charge on any atom is 0.238 e. The van der Waals surface area contributed by atoms with Crippen molar-refractivity contribution in [2.45, 2.75) is 6.54 Å². The second-order valence-electron chi connectivity index (χ2n) is 6.26. The fourth-order valence-corrected chi connectivity index (χ4v) is 3.11. The molecule has 26 heavy (non-hydrogen) atoms. The van der Waals surface area contributed by atoms with Gasteiger partial charge in [-0.3, -0.25) is 9.69 Å². The molecule has 0 radical (unpaired) electrons. The minimum absolute atomic E-state index is 0.0436. The Balaban J connectivity index is 1.65. The second-order valence-corrected chi connectivity index (χ2v) is 6.70. The zero-order valence-corrected chi connectivity index (χ0v) is 15.4. The Morgan fingerprint density at radius 1 is 0.962 bits per heavy atom. The topological polar surface area (TPSA) is 32.3 Å². The first kappa shape index (κ1) is 18.2. The van der Waals surface area contributed by atoms with Crippen LogP contribution in [0.3, 0.4) is 0 Å². The van der Waals surface area contributed by atoms with Crippen LogP contribution < -0.4 is 5.32 Å². The highest BCUT2D eigenvalue weighted by atomic mass is 35.5. The summed E-state index contributed by atoms with van der Waals surface area (Å²) in [6, 6.07) is 25.6. The van der Waals surface area contributed by atoms with Crippen LogP contribution >= 0.6 is 11.6 Å². The molecule has 0 spiro atoms. The van der Waals surface area contributed by atoms with Crippen LogP contribution in [-0.4, -0.2) is 24.4 Å². The van der Waals surface area contributed by atoms with Crippen LogP contribution in [0.4, 0.5) is 5.69 Å². The molecule has 3 aromatic rings. The van der Waals surface area contributed by atoms with Crippen molar-refractivity contribution >= 4 is 23.2 Å². The Hall–Kier alpha value is -2.62. The van der Waals surface area contributed by atoms with E-state index in [0.717, 1.165) is 22.4 Å². The lowest BCUT2D eigenvalue weighted by Gasteiger charge is -2.17. The van der Waals surface area contributed by atoms with Gasteiger partial charge in [0.25, 0.3) is 0 Å². The summed E-state index contributed by atoms with van der Waals surface area (Å²) in [7, 11) is 1.92. The van der Waals surface area contributed by atoms with Crippen LogP contribution in [0.15, 0.2) is 78.9 Å². The predicted octanol–water partition coefficient (Wildman–Crippen LogP) is 5.08. The van der Waals surface area contributed by atoms with E-state index >= 15 is 0 Å². The van der Waals surface area contributed by atoms with Crippen LogP contribution in [0, 0.1) is 0 Å². The molecule has 1 N–H and O–H groups in total. The Kier molecular flexibility index (Phi) is 6.05. The van der Waals surface area contributed by atoms with Gasteiger partial charge in [-0.25, -0.2) is 0 Å². The normalized spacial score (nSPS) is 10.7. The van der Waals surface area contributed by atoms with Crippen LogP contribution in [0.5, 0.6) is 0 Å². The van der Waals surface area contributed by atoms with Crippen molar-refractivity contribution < 1.29 is 4.79 Å². The van der Waals surface area contributed by atoms with E-state index in [1.54, 1.807) is 0 Å². The highest BCUT2D eigenvalue weighted by molar-refractivity contribution is 6.30. The van der Waals surface area contributed by atoms with Gasteiger partial charge in [0.2, 0.25) is 5.91 Å². The van der Waals surface area contributed by atoms with Crippen LogP contribution in [-0.2, 0) is 11.3 Å². The van der Waals surface area contributed by atoms with Gasteiger partial charge in [-0.15, -0.1) is 0 Å². The summed E-state index contributed by atoms with van der Waals surface area (Å²) in [4.78, 5) is 14.4. The van der Waals surface area contributed by atoms with Crippen LogP contribution in [0.25, 0.3) is 11.1 Å². The number of nitrogens with zero attached hydrogens (tertiary/aromatic N) is 1. The lowest BCUT2D eigenvalue weighted by molar-refractivity contribution is -0.117. The van der Waals surface area contributed by atoms with E-state index in [2.05, 4.69) is 5.32 Å². The van der Waals surface area contributed by atoms with Gasteiger partial charge in [0.1, 0.15) is 0 Å². The molecule has 0 aliphatic rings. The van der Waals surface area contributed by atoms with Crippen molar-refractivity contribution in [2.75, 3.05) is 18.9 Å². The molecule has 4 heteroatoms. The average Bonchev–Trinajstić information content (AvgIpc) is 2.62. The average molecular weight is 365 g/mol. The zero-order chi connectivity index (χ0) is 18.4. The molecule has 0 bridgehead atoms. The molecule has 3 rings (SSSR count). The SMILES string of the molecule is CN(CC(=O)Nc1ccccc1-c1ccccc1)Cc1cccc(Cl)c1. The maximum absolute atomic E-state index is 12.5. The molecule has 0 saturated heterocycles. The van der Waals surface area contributed by atoms with E-state index in [4.69, 9.17) is 11.6 Å². The van der Waals surface area contributed by atoms with Crippen LogP contribution in [0.1, 0.15) is 5.56 Å². The molecular weight excluding hydrogens is 344 g/mol. The third-order valence-corrected chi connectivity index (χ3v) is 4.28. The standard InChI is InChI=1S/C22H21ClN2O/c1-25(15-17-8-7-11-19(23)14-17)16-22(26)24-21-13-6-5-12-20(21)18-9-3-2-4-10-18/h2-14H,15-16H2,1H3,(H,24,26). The number of nitrogens with one attached hydrogen (secondary N) is 1. The number of carbonyl (C=O) groups is 1. The molecule has 0 aromatic heterocycles. The van der Waals surface area contributed by atoms with Crippen molar-refractivity contribution in [1.29, 1.82) is 0 Å². The molecular formula is C22H21ClN2O. The first-order chi connectivity index (χ1) is 12.6. The summed E-state index contributed by atoms with van der Waals surface area (Å²) in [6.07, 6.45) is 0. The van der Waals surface area contributed by atoms with Crippen molar-refractivity contribution in [1.82, 2.24) is 4.90 Å². The summed E-state index contributed by atoms with van der Waals surface area (Å²) in [5, 5.41) is 3.74. The number of halogens is 1. The monoisotopic (exact) mass is 364 g/mol. The smallest absolute Gasteiger partial charge is 0.238 e. The van der Waals surface area contributed by atoms with E-state index in [1.165, 1.54) is 0 Å². The number of benzene rings is 3. The highest BCUT2D eigenvalue weighted by Gasteiger charge is 2.11. The minimum atomic E-state index is -0.0436. The summed E-state index contributed by atoms with van der Waals surface area (Å²) >= 11 is 6.02. The molecule has 0 heterocycles. The number of amides is 1. The number of carbonyl (C=O) groups excluding carboxylic acids is 1. The van der Waals surface area contributed by atoms with E-state index in [1.807, 2.05) is 90.8 Å². The lowest BCUT2D eigenvalue weighted by atomic mass is 10.0. The van der Waals surface area contributed by atoms with Gasteiger partial charge in [0, 0.05) is 22.8 Å². The Labute approximate surface area is 159 Å². The first-order valence-corrected chi connectivity index (χ1v) is 8.87. The fourth-order valence-electron chi connectivity index (χ4n) is 2.90. The van der Waals surface area contributed by atoms with Crippen molar-refractivity contribution in [3.8, 4) is 11.1 Å². The number of anilines is 1. The number of rotatable bonds is 6. The molecule has 0 aliphatic carbocycles. The quantitative estimate of drug-likeness (QED) is 0.661. The molecule has 132 valence electrons. The zero-order valence-electron chi connectivity index (χ0n) is 14.7. The molecule has 0 saturated carbocycles. The number of hydrogen-bond donors (Lipinski definition) is 1. The maximum atomic E-state index is 12.5. The van der Waals surface area contributed by atoms with Crippen molar-refractivity contribution in [3.63, 3.8) is 0 Å². The van der Waals surface area contributed by atoms with Gasteiger partial charge < -0.3 is 5.32 Å². The van der Waals surface area contributed by atoms with E-state index in [9.17, 15) is 4.79 Å². The summed E-state index contributed by atoms with van der Waals surface area (Å²) in [5.74, 6) is -0.0436. The summed E-state index contributed by atoms with van der Waals surface area (Å²) in [5.41, 5.74) is 3.99. The van der Waals surface area contributed by atoms with Gasteiger partial charge in [-0.05, 0) is 36.4 Å². The van der Waals surface area contributed by atoms with Gasteiger partial charge in [-0.2, -0.15) is 0 Å². The second kappa shape index (κ2) is 8.65. The van der Waals surface area contributed by atoms with E-state index in [0.29, 0.717) is 18.1 Å². The molecule has 0 unspecified atom stereocenters. The Bertz CT molecular complexity index is 880. The largest absolute Gasteiger partial charge is 0.324 e. The van der Waals surface area contributed by atoms with Crippen LogP contribution in [0.2, 0.25) is 5.02 Å².